The lowest BCUT2D eigenvalue weighted by molar-refractivity contribution is -0.115. The molecule has 1 aliphatic rings. The molecule has 11 heteroatoms. The Morgan fingerprint density at radius 1 is 1.17 bits per heavy atom. The van der Waals surface area contributed by atoms with Crippen LogP contribution in [0.25, 0.3) is 0 Å². The predicted octanol–water partition coefficient (Wildman–Crippen LogP) is 2.50. The van der Waals surface area contributed by atoms with Crippen LogP contribution >= 0.6 is 0 Å². The molecule has 0 bridgehead atoms. The zero-order chi connectivity index (χ0) is 25.1. The topological polar surface area (TPSA) is 154 Å². The maximum atomic E-state index is 13.6. The Kier molecular flexibility index (Phi) is 6.40. The number of para-hydroxylation sites is 2. The first-order valence-corrected chi connectivity index (χ1v) is 10.6. The van der Waals surface area contributed by atoms with Crippen molar-refractivity contribution in [3.05, 3.63) is 76.4 Å². The number of hydrogen-bond acceptors (Lipinski definition) is 6. The fourth-order valence-electron chi connectivity index (χ4n) is 3.67. The van der Waals surface area contributed by atoms with Crippen LogP contribution in [-0.4, -0.2) is 41.2 Å². The zero-order valence-electron chi connectivity index (χ0n) is 18.9. The minimum absolute atomic E-state index is 0.0142. The van der Waals surface area contributed by atoms with Gasteiger partial charge < -0.3 is 26.7 Å². The highest BCUT2D eigenvalue weighted by atomic mass is 19.1. The van der Waals surface area contributed by atoms with Gasteiger partial charge in [-0.25, -0.2) is 4.39 Å². The van der Waals surface area contributed by atoms with Crippen LogP contribution in [0.2, 0.25) is 0 Å². The van der Waals surface area contributed by atoms with E-state index < -0.39 is 23.5 Å². The third-order valence-corrected chi connectivity index (χ3v) is 5.39. The van der Waals surface area contributed by atoms with Crippen LogP contribution in [0.4, 0.5) is 21.5 Å². The van der Waals surface area contributed by atoms with Gasteiger partial charge in [-0.2, -0.15) is 5.10 Å². The molecule has 3 aromatic rings. The molecule has 0 aliphatic carbocycles. The molecule has 0 radical (unpaired) electrons. The standard InChI is InChI=1S/C24H22FN7O3/c1-12-19(10-28-32-22-15-9-14(25)7-8-17(15)31-24(22)35)29-13(2)21(12)23(34)27-11-20(33)30-18-6-4-3-5-16(18)26/h3-10,29H,11,26H2,1-2H3,(H,27,34)(H,30,33)(H,31,32,35). The van der Waals surface area contributed by atoms with Crippen LogP contribution in [0.15, 0.2) is 52.7 Å². The molecule has 2 heterocycles. The second kappa shape index (κ2) is 9.59. The van der Waals surface area contributed by atoms with Gasteiger partial charge in [0.15, 0.2) is 5.71 Å². The highest BCUT2D eigenvalue weighted by Gasteiger charge is 2.26. The second-order valence-electron chi connectivity index (χ2n) is 7.82. The molecule has 1 aliphatic heterocycles. The van der Waals surface area contributed by atoms with Crippen LogP contribution < -0.4 is 21.7 Å². The average molecular weight is 475 g/mol. The highest BCUT2D eigenvalue weighted by Crippen LogP contribution is 2.24. The van der Waals surface area contributed by atoms with Crippen molar-refractivity contribution in [2.75, 3.05) is 22.9 Å². The minimum atomic E-state index is -0.496. The number of amides is 3. The van der Waals surface area contributed by atoms with Gasteiger partial charge in [-0.15, -0.1) is 5.10 Å². The van der Waals surface area contributed by atoms with Gasteiger partial charge in [0.05, 0.1) is 41.1 Å². The number of aryl methyl sites for hydroxylation is 1. The van der Waals surface area contributed by atoms with E-state index >= 15 is 0 Å². The number of nitrogen functional groups attached to an aromatic ring is 1. The fraction of sp³-hybridized carbons (Fsp3) is 0.125. The van der Waals surface area contributed by atoms with Crippen molar-refractivity contribution >= 4 is 46.7 Å². The normalized spacial score (nSPS) is 13.7. The molecular formula is C24H22FN7O3. The summed E-state index contributed by atoms with van der Waals surface area (Å²) in [6.07, 6.45) is 1.36. The average Bonchev–Trinajstić information content (AvgIpc) is 3.28. The van der Waals surface area contributed by atoms with Crippen molar-refractivity contribution in [2.24, 2.45) is 10.2 Å². The Bertz CT molecular complexity index is 1410. The van der Waals surface area contributed by atoms with E-state index in [9.17, 15) is 18.8 Å². The predicted molar refractivity (Wildman–Crippen MR) is 131 cm³/mol. The van der Waals surface area contributed by atoms with E-state index in [-0.39, 0.29) is 12.3 Å². The van der Waals surface area contributed by atoms with E-state index in [1.807, 2.05) is 0 Å². The summed E-state index contributed by atoms with van der Waals surface area (Å²) in [4.78, 5) is 40.1. The number of aromatic nitrogens is 1. The first kappa shape index (κ1) is 23.4. The van der Waals surface area contributed by atoms with Gasteiger partial charge >= 0.3 is 0 Å². The number of carbonyl (C=O) groups is 3. The minimum Gasteiger partial charge on any atom is -0.397 e. The lowest BCUT2D eigenvalue weighted by atomic mass is 10.1. The summed E-state index contributed by atoms with van der Waals surface area (Å²) in [5.41, 5.74) is 9.45. The molecule has 1 aromatic heterocycles. The van der Waals surface area contributed by atoms with Gasteiger partial charge in [0.1, 0.15) is 5.82 Å². The first-order chi connectivity index (χ1) is 16.7. The van der Waals surface area contributed by atoms with Crippen LogP contribution in [-0.2, 0) is 9.59 Å². The van der Waals surface area contributed by atoms with Crippen LogP contribution in [0, 0.1) is 19.7 Å². The van der Waals surface area contributed by atoms with E-state index in [0.717, 1.165) is 0 Å². The summed E-state index contributed by atoms with van der Waals surface area (Å²) in [6, 6.07) is 10.7. The summed E-state index contributed by atoms with van der Waals surface area (Å²) in [7, 11) is 0. The monoisotopic (exact) mass is 475 g/mol. The summed E-state index contributed by atoms with van der Waals surface area (Å²) in [5, 5.41) is 15.7. The van der Waals surface area contributed by atoms with E-state index in [4.69, 9.17) is 5.73 Å². The number of nitrogens with one attached hydrogen (secondary N) is 4. The smallest absolute Gasteiger partial charge is 0.276 e. The van der Waals surface area contributed by atoms with Crippen molar-refractivity contribution in [2.45, 2.75) is 13.8 Å². The molecule has 10 nitrogen and oxygen atoms in total. The molecular weight excluding hydrogens is 453 g/mol. The van der Waals surface area contributed by atoms with Crippen molar-refractivity contribution in [1.82, 2.24) is 10.3 Å². The number of rotatable bonds is 6. The summed E-state index contributed by atoms with van der Waals surface area (Å²) >= 11 is 0. The van der Waals surface area contributed by atoms with Crippen molar-refractivity contribution in [3.8, 4) is 0 Å². The van der Waals surface area contributed by atoms with Gasteiger partial charge in [0.25, 0.3) is 11.8 Å². The van der Waals surface area contributed by atoms with Gasteiger partial charge in [-0.05, 0) is 49.7 Å². The molecule has 0 atom stereocenters. The van der Waals surface area contributed by atoms with Gasteiger partial charge in [0, 0.05) is 11.3 Å². The molecule has 0 fully saturated rings. The third-order valence-electron chi connectivity index (χ3n) is 5.39. The number of anilines is 3. The van der Waals surface area contributed by atoms with E-state index in [1.165, 1.54) is 24.4 Å². The zero-order valence-corrected chi connectivity index (χ0v) is 18.9. The number of aromatic amines is 1. The Morgan fingerprint density at radius 2 is 1.94 bits per heavy atom. The van der Waals surface area contributed by atoms with E-state index in [1.54, 1.807) is 38.1 Å². The van der Waals surface area contributed by atoms with Crippen molar-refractivity contribution in [1.29, 1.82) is 0 Å². The highest BCUT2D eigenvalue weighted by molar-refractivity contribution is 6.53. The van der Waals surface area contributed by atoms with Crippen LogP contribution in [0.3, 0.4) is 0 Å². The largest absolute Gasteiger partial charge is 0.397 e. The fourth-order valence-corrected chi connectivity index (χ4v) is 3.67. The van der Waals surface area contributed by atoms with E-state index in [0.29, 0.717) is 45.1 Å². The molecule has 3 amide bonds. The van der Waals surface area contributed by atoms with Crippen molar-refractivity contribution < 1.29 is 18.8 Å². The maximum absolute atomic E-state index is 13.6. The lowest BCUT2D eigenvalue weighted by Gasteiger charge is -2.09. The number of benzene rings is 2. The van der Waals surface area contributed by atoms with Crippen LogP contribution in [0.5, 0.6) is 0 Å². The SMILES string of the molecule is Cc1[nH]c(C=NN=C2C(=O)Nc3ccc(F)cc32)c(C)c1C(=O)NCC(=O)Nc1ccccc1N. The van der Waals surface area contributed by atoms with Gasteiger partial charge in [0.2, 0.25) is 5.91 Å². The molecule has 0 saturated carbocycles. The van der Waals surface area contributed by atoms with Gasteiger partial charge in [-0.3, -0.25) is 14.4 Å². The Labute approximate surface area is 199 Å². The first-order valence-electron chi connectivity index (χ1n) is 10.6. The molecule has 0 saturated heterocycles. The van der Waals surface area contributed by atoms with Crippen molar-refractivity contribution in [3.63, 3.8) is 0 Å². The molecule has 0 spiro atoms. The Balaban J connectivity index is 1.44. The number of halogens is 1. The Hall–Kier alpha value is -4.80. The quantitative estimate of drug-likeness (QED) is 0.211. The number of carbonyl (C=O) groups excluding carboxylic acids is 3. The molecule has 178 valence electrons. The number of H-pyrrole nitrogens is 1. The maximum Gasteiger partial charge on any atom is 0.276 e. The lowest BCUT2D eigenvalue weighted by Crippen LogP contribution is -2.33. The Morgan fingerprint density at radius 3 is 2.71 bits per heavy atom. The van der Waals surface area contributed by atoms with Crippen LogP contribution in [0.1, 0.15) is 32.9 Å². The molecule has 6 N–H and O–H groups in total. The second-order valence-corrected chi connectivity index (χ2v) is 7.82. The van der Waals surface area contributed by atoms with E-state index in [2.05, 4.69) is 31.1 Å². The number of hydrogen-bond donors (Lipinski definition) is 5. The molecule has 35 heavy (non-hydrogen) atoms. The summed E-state index contributed by atoms with van der Waals surface area (Å²) in [5.74, 6) is -1.86. The molecule has 4 rings (SSSR count). The summed E-state index contributed by atoms with van der Waals surface area (Å²) in [6.45, 7) is 3.17. The summed E-state index contributed by atoms with van der Waals surface area (Å²) < 4.78 is 13.6. The molecule has 2 aromatic carbocycles. The third kappa shape index (κ3) is 4.93. The number of nitrogens with two attached hydrogens (primary N) is 1. The molecule has 0 unspecified atom stereocenters. The van der Waals surface area contributed by atoms with Gasteiger partial charge in [-0.1, -0.05) is 12.1 Å². The number of fused-ring (bicyclic) bond motifs is 1. The number of nitrogens with zero attached hydrogens (tertiary/aromatic N) is 2.